The number of aromatic nitrogens is 2. The number of carbonyl (C=O) groups excluding carboxylic acids is 1. The highest BCUT2D eigenvalue weighted by molar-refractivity contribution is 5.94. The van der Waals surface area contributed by atoms with Crippen LogP contribution in [0.5, 0.6) is 0 Å². The molecule has 5 heteroatoms. The van der Waals surface area contributed by atoms with E-state index < -0.39 is 0 Å². The van der Waals surface area contributed by atoms with E-state index in [1.54, 1.807) is 0 Å². The van der Waals surface area contributed by atoms with Crippen LogP contribution in [0.4, 0.5) is 0 Å². The number of amides is 1. The predicted octanol–water partition coefficient (Wildman–Crippen LogP) is 2.62. The molecule has 1 amide bonds. The van der Waals surface area contributed by atoms with Crippen molar-refractivity contribution >= 4 is 5.91 Å². The predicted molar refractivity (Wildman–Crippen MR) is 94.4 cm³/mol. The van der Waals surface area contributed by atoms with Gasteiger partial charge in [-0.15, -0.1) is 0 Å². The third-order valence-electron chi connectivity index (χ3n) is 7.26. The largest absolute Gasteiger partial charge is 0.377 e. The first-order valence-corrected chi connectivity index (χ1v) is 10.2. The second kappa shape index (κ2) is 6.11. The summed E-state index contributed by atoms with van der Waals surface area (Å²) in [5.74, 6) is 1.84. The van der Waals surface area contributed by atoms with Crippen molar-refractivity contribution in [3.8, 4) is 0 Å². The van der Waals surface area contributed by atoms with Crippen molar-refractivity contribution in [3.63, 3.8) is 0 Å². The van der Waals surface area contributed by atoms with Crippen LogP contribution in [0, 0.1) is 17.8 Å². The third-order valence-corrected chi connectivity index (χ3v) is 7.26. The van der Waals surface area contributed by atoms with Crippen molar-refractivity contribution in [2.45, 2.75) is 69.9 Å². The lowest BCUT2D eigenvalue weighted by atomic mass is 9.61. The third kappa shape index (κ3) is 2.46. The molecule has 1 aliphatic heterocycles. The summed E-state index contributed by atoms with van der Waals surface area (Å²) in [5.41, 5.74) is 3.14. The Morgan fingerprint density at radius 3 is 2.80 bits per heavy atom. The average molecular weight is 343 g/mol. The van der Waals surface area contributed by atoms with Gasteiger partial charge in [-0.25, -0.2) is 0 Å². The first-order valence-electron chi connectivity index (χ1n) is 10.2. The van der Waals surface area contributed by atoms with E-state index in [0.717, 1.165) is 31.8 Å². The standard InChI is InChI=1S/C20H29N3O2/c1-23-15-9-5-4-8-13(15)18(22-23)20(24)21-17-14-10-11-25-19(14)16(17)12-6-2-3-7-12/h12,14,16-17,19H,2-11H2,1H3,(H,21,24)/t14-,16+,17+,19-/m1/s1. The molecule has 0 spiro atoms. The van der Waals surface area contributed by atoms with E-state index in [9.17, 15) is 4.79 Å². The van der Waals surface area contributed by atoms with E-state index in [-0.39, 0.29) is 5.91 Å². The maximum absolute atomic E-state index is 13.1. The monoisotopic (exact) mass is 343 g/mol. The van der Waals surface area contributed by atoms with Gasteiger partial charge in [0.1, 0.15) is 0 Å². The fourth-order valence-electron chi connectivity index (χ4n) is 6.03. The molecule has 5 nitrogen and oxygen atoms in total. The molecule has 1 saturated heterocycles. The highest BCUT2D eigenvalue weighted by Gasteiger charge is 2.57. The second-order valence-corrected chi connectivity index (χ2v) is 8.51. The molecule has 4 atom stereocenters. The van der Waals surface area contributed by atoms with Gasteiger partial charge in [0.15, 0.2) is 5.69 Å². The van der Waals surface area contributed by atoms with Crippen LogP contribution in [0.3, 0.4) is 0 Å². The Morgan fingerprint density at radius 2 is 1.96 bits per heavy atom. The zero-order valence-electron chi connectivity index (χ0n) is 15.2. The van der Waals surface area contributed by atoms with Gasteiger partial charge in [0.25, 0.3) is 5.91 Å². The molecule has 3 aliphatic carbocycles. The Balaban J connectivity index is 1.36. The van der Waals surface area contributed by atoms with Gasteiger partial charge in [0.2, 0.25) is 0 Å². The molecule has 1 aromatic rings. The number of fused-ring (bicyclic) bond motifs is 2. The van der Waals surface area contributed by atoms with Gasteiger partial charge >= 0.3 is 0 Å². The molecule has 4 aliphatic rings. The zero-order chi connectivity index (χ0) is 17.0. The molecule has 0 radical (unpaired) electrons. The highest BCUT2D eigenvalue weighted by atomic mass is 16.5. The van der Waals surface area contributed by atoms with Gasteiger partial charge in [-0.2, -0.15) is 5.10 Å². The summed E-state index contributed by atoms with van der Waals surface area (Å²) in [6, 6.07) is 0.296. The number of rotatable bonds is 3. The minimum Gasteiger partial charge on any atom is -0.377 e. The molecule has 0 unspecified atom stereocenters. The fraction of sp³-hybridized carbons (Fsp3) is 0.800. The van der Waals surface area contributed by atoms with Crippen LogP contribution in [0.15, 0.2) is 0 Å². The Kier molecular flexibility index (Phi) is 3.88. The summed E-state index contributed by atoms with van der Waals surface area (Å²) in [7, 11) is 1.98. The molecule has 2 saturated carbocycles. The lowest BCUT2D eigenvalue weighted by molar-refractivity contribution is -0.0784. The number of ether oxygens (including phenoxy) is 1. The minimum absolute atomic E-state index is 0.0529. The van der Waals surface area contributed by atoms with E-state index >= 15 is 0 Å². The van der Waals surface area contributed by atoms with E-state index in [1.165, 1.54) is 49.8 Å². The van der Waals surface area contributed by atoms with Gasteiger partial charge in [-0.05, 0) is 38.0 Å². The Morgan fingerprint density at radius 1 is 1.16 bits per heavy atom. The van der Waals surface area contributed by atoms with E-state index in [0.29, 0.717) is 29.7 Å². The van der Waals surface area contributed by atoms with Crippen LogP contribution in [0.2, 0.25) is 0 Å². The molecule has 25 heavy (non-hydrogen) atoms. The summed E-state index contributed by atoms with van der Waals surface area (Å²) in [5, 5.41) is 7.98. The molecular formula is C20H29N3O2. The highest BCUT2D eigenvalue weighted by Crippen LogP contribution is 2.51. The van der Waals surface area contributed by atoms with Crippen LogP contribution in [0.25, 0.3) is 0 Å². The lowest BCUT2D eigenvalue weighted by Gasteiger charge is -2.50. The van der Waals surface area contributed by atoms with Crippen molar-refractivity contribution in [2.24, 2.45) is 24.8 Å². The van der Waals surface area contributed by atoms with Gasteiger partial charge < -0.3 is 10.1 Å². The number of carbonyl (C=O) groups is 1. The number of nitrogens with zero attached hydrogens (tertiary/aromatic N) is 2. The smallest absolute Gasteiger partial charge is 0.272 e. The van der Waals surface area contributed by atoms with E-state index in [4.69, 9.17) is 4.74 Å². The summed E-state index contributed by atoms with van der Waals surface area (Å²) in [6.07, 6.45) is 11.2. The summed E-state index contributed by atoms with van der Waals surface area (Å²) in [6.45, 7) is 0.865. The summed E-state index contributed by atoms with van der Waals surface area (Å²) in [4.78, 5) is 13.1. The Labute approximate surface area is 149 Å². The second-order valence-electron chi connectivity index (χ2n) is 8.51. The lowest BCUT2D eigenvalue weighted by Crippen LogP contribution is -2.63. The van der Waals surface area contributed by atoms with Crippen LogP contribution in [-0.4, -0.2) is 34.4 Å². The number of hydrogen-bond acceptors (Lipinski definition) is 3. The van der Waals surface area contributed by atoms with Gasteiger partial charge in [-0.3, -0.25) is 9.48 Å². The van der Waals surface area contributed by atoms with E-state index in [1.807, 2.05) is 11.7 Å². The molecule has 136 valence electrons. The fourth-order valence-corrected chi connectivity index (χ4v) is 6.03. The quantitative estimate of drug-likeness (QED) is 0.918. The molecule has 0 bridgehead atoms. The van der Waals surface area contributed by atoms with Crippen LogP contribution < -0.4 is 5.32 Å². The molecule has 5 rings (SSSR count). The van der Waals surface area contributed by atoms with Gasteiger partial charge in [-0.1, -0.05) is 25.7 Å². The van der Waals surface area contributed by atoms with Crippen LogP contribution >= 0.6 is 0 Å². The maximum atomic E-state index is 13.1. The first-order chi connectivity index (χ1) is 12.2. The normalized spacial score (nSPS) is 34.4. The number of nitrogens with one attached hydrogen (secondary N) is 1. The first kappa shape index (κ1) is 15.9. The molecule has 2 heterocycles. The molecule has 3 fully saturated rings. The van der Waals surface area contributed by atoms with Crippen LogP contribution in [0.1, 0.15) is 66.7 Å². The zero-order valence-corrected chi connectivity index (χ0v) is 15.2. The van der Waals surface area contributed by atoms with Crippen molar-refractivity contribution in [2.75, 3.05) is 6.61 Å². The molecule has 1 N–H and O–H groups in total. The molecule has 1 aromatic heterocycles. The number of aryl methyl sites for hydroxylation is 1. The van der Waals surface area contributed by atoms with E-state index in [2.05, 4.69) is 10.4 Å². The van der Waals surface area contributed by atoms with Crippen molar-refractivity contribution in [1.82, 2.24) is 15.1 Å². The average Bonchev–Trinajstić information content (AvgIpc) is 3.34. The molecular weight excluding hydrogens is 314 g/mol. The van der Waals surface area contributed by atoms with Gasteiger partial charge in [0.05, 0.1) is 6.10 Å². The minimum atomic E-state index is 0.0529. The Bertz CT molecular complexity index is 672. The molecule has 0 aromatic carbocycles. The summed E-state index contributed by atoms with van der Waals surface area (Å²) < 4.78 is 7.95. The summed E-state index contributed by atoms with van der Waals surface area (Å²) >= 11 is 0. The number of hydrogen-bond donors (Lipinski definition) is 1. The van der Waals surface area contributed by atoms with Crippen molar-refractivity contribution < 1.29 is 9.53 Å². The SMILES string of the molecule is Cn1nc(C(=O)N[C@H]2[C@H]3CCO[C@H]3[C@H]2C2CCCC2)c2c1CCCC2. The van der Waals surface area contributed by atoms with Crippen molar-refractivity contribution in [1.29, 1.82) is 0 Å². The van der Waals surface area contributed by atoms with Crippen molar-refractivity contribution in [3.05, 3.63) is 17.0 Å². The van der Waals surface area contributed by atoms with Gasteiger partial charge in [0, 0.05) is 42.8 Å². The Hall–Kier alpha value is -1.36. The maximum Gasteiger partial charge on any atom is 0.272 e. The topological polar surface area (TPSA) is 56.2 Å². The van der Waals surface area contributed by atoms with Crippen LogP contribution in [-0.2, 0) is 24.6 Å².